The smallest absolute Gasteiger partial charge is 0.150 e. The van der Waals surface area contributed by atoms with Crippen molar-refractivity contribution < 1.29 is 13.0 Å². The fourth-order valence-corrected chi connectivity index (χ4v) is 1.80. The van der Waals surface area contributed by atoms with Gasteiger partial charge in [-0.2, -0.15) is 0 Å². The zero-order valence-corrected chi connectivity index (χ0v) is 11.6. The predicted octanol–water partition coefficient (Wildman–Crippen LogP) is 1.96. The summed E-state index contributed by atoms with van der Waals surface area (Å²) in [4.78, 5) is 0.950. The molecule has 18 heavy (non-hydrogen) atoms. The minimum atomic E-state index is -4.27. The maximum atomic E-state index is 10.4. The molecule has 2 aromatic carbocycles. The molecule has 0 saturated heterocycles. The van der Waals surface area contributed by atoms with Crippen LogP contribution in [0.4, 0.5) is 0 Å². The highest BCUT2D eigenvalue weighted by Gasteiger charge is 1.97. The largest absolute Gasteiger partial charge is 0.744 e. The summed E-state index contributed by atoms with van der Waals surface area (Å²) in [6, 6.07) is 15.7. The van der Waals surface area contributed by atoms with Gasteiger partial charge in [0.05, 0.1) is 4.90 Å². The van der Waals surface area contributed by atoms with Crippen molar-refractivity contribution in [3.63, 3.8) is 0 Å². The van der Waals surface area contributed by atoms with Gasteiger partial charge in [0.25, 0.3) is 0 Å². The van der Waals surface area contributed by atoms with Crippen molar-refractivity contribution in [1.82, 2.24) is 0 Å². The monoisotopic (exact) mass is 282 g/mol. The van der Waals surface area contributed by atoms with Crippen LogP contribution in [-0.2, 0) is 22.7 Å². The molecule has 0 amide bonds. The van der Waals surface area contributed by atoms with E-state index < -0.39 is 10.1 Å². The molecule has 0 aromatic heterocycles. The number of benzene rings is 2. The SMILES string of the molecule is Cc1ccc(S(=O)(=O)[O-])cc1.[SH2+]c1ccccc1. The molecule has 0 heterocycles. The molecule has 0 unspecified atom stereocenters. The maximum absolute atomic E-state index is 10.4. The second kappa shape index (κ2) is 6.58. The molecular weight excluding hydrogens is 268 g/mol. The predicted molar refractivity (Wildman–Crippen MR) is 74.0 cm³/mol. The van der Waals surface area contributed by atoms with E-state index in [1.165, 1.54) is 12.1 Å². The molecule has 0 aliphatic rings. The number of aryl methyl sites for hydroxylation is 1. The van der Waals surface area contributed by atoms with Crippen molar-refractivity contribution in [3.05, 3.63) is 60.2 Å². The van der Waals surface area contributed by atoms with Gasteiger partial charge in [0, 0.05) is 0 Å². The Balaban J connectivity index is 0.000000199. The summed E-state index contributed by atoms with van der Waals surface area (Å²) in [5.74, 6) is 0. The fraction of sp³-hybridized carbons (Fsp3) is 0.0769. The first-order valence-corrected chi connectivity index (χ1v) is 7.09. The molecule has 5 heteroatoms. The van der Waals surface area contributed by atoms with E-state index in [1.54, 1.807) is 12.1 Å². The second-order valence-electron chi connectivity index (χ2n) is 3.63. The molecule has 0 atom stereocenters. The Bertz CT molecular complexity index is 575. The molecule has 3 nitrogen and oxygen atoms in total. The van der Waals surface area contributed by atoms with E-state index in [-0.39, 0.29) is 4.90 Å². The number of hydrogen-bond acceptors (Lipinski definition) is 3. The van der Waals surface area contributed by atoms with Crippen LogP contribution in [-0.4, -0.2) is 13.0 Å². The molecule has 0 radical (unpaired) electrons. The standard InChI is InChI=1S/C7H8O3S.C6H6S/c1-6-2-4-7(5-3-6)11(8,9)10;7-6-4-2-1-3-5-6/h2-5H,1H3,(H,8,9,10);1-5,7H. The molecule has 0 bridgehead atoms. The van der Waals surface area contributed by atoms with Crippen molar-refractivity contribution in [2.24, 2.45) is 0 Å². The van der Waals surface area contributed by atoms with E-state index in [0.29, 0.717) is 0 Å². The van der Waals surface area contributed by atoms with Gasteiger partial charge in [-0.25, -0.2) is 8.42 Å². The minimum Gasteiger partial charge on any atom is -0.744 e. The Morgan fingerprint density at radius 3 is 1.78 bits per heavy atom. The average molecular weight is 282 g/mol. The van der Waals surface area contributed by atoms with Crippen molar-refractivity contribution >= 4 is 22.7 Å². The molecule has 0 saturated carbocycles. The molecule has 0 fully saturated rings. The van der Waals surface area contributed by atoms with Gasteiger partial charge in [0.15, 0.2) is 0 Å². The van der Waals surface area contributed by atoms with E-state index >= 15 is 0 Å². The zero-order chi connectivity index (χ0) is 13.6. The van der Waals surface area contributed by atoms with E-state index in [2.05, 4.69) is 12.6 Å². The van der Waals surface area contributed by atoms with Crippen LogP contribution in [0.1, 0.15) is 5.56 Å². The fourth-order valence-electron chi connectivity index (χ4n) is 1.14. The minimum absolute atomic E-state index is 0.178. The summed E-state index contributed by atoms with van der Waals surface area (Å²) >= 11 is 3.36. The first-order chi connectivity index (χ1) is 8.39. The Labute approximate surface area is 113 Å². The van der Waals surface area contributed by atoms with Gasteiger partial charge in [0.1, 0.15) is 15.0 Å². The quantitative estimate of drug-likeness (QED) is 0.593. The molecule has 0 aliphatic carbocycles. The van der Waals surface area contributed by atoms with E-state index in [4.69, 9.17) is 0 Å². The lowest BCUT2D eigenvalue weighted by Gasteiger charge is -2.05. The molecule has 0 aliphatic heterocycles. The summed E-state index contributed by atoms with van der Waals surface area (Å²) in [5.41, 5.74) is 0.928. The zero-order valence-electron chi connectivity index (χ0n) is 9.83. The number of rotatable bonds is 1. The highest BCUT2D eigenvalue weighted by molar-refractivity contribution is 7.85. The Morgan fingerprint density at radius 2 is 1.44 bits per heavy atom. The van der Waals surface area contributed by atoms with Gasteiger partial charge in [-0.15, -0.1) is 0 Å². The third-order valence-electron chi connectivity index (χ3n) is 2.08. The lowest BCUT2D eigenvalue weighted by Crippen LogP contribution is -1.97. The molecule has 0 spiro atoms. The van der Waals surface area contributed by atoms with Crippen LogP contribution in [0, 0.1) is 6.92 Å². The van der Waals surface area contributed by atoms with Crippen LogP contribution in [0.3, 0.4) is 0 Å². The van der Waals surface area contributed by atoms with E-state index in [0.717, 1.165) is 10.5 Å². The first-order valence-electron chi connectivity index (χ1n) is 5.19. The molecule has 2 rings (SSSR count). The highest BCUT2D eigenvalue weighted by Crippen LogP contribution is 2.08. The van der Waals surface area contributed by atoms with Crippen LogP contribution >= 0.6 is 0 Å². The summed E-state index contributed by atoms with van der Waals surface area (Å²) in [7, 11) is -4.27. The highest BCUT2D eigenvalue weighted by atomic mass is 32.2. The summed E-state index contributed by atoms with van der Waals surface area (Å²) < 4.78 is 31.2. The number of hydrogen-bond donors (Lipinski definition) is 0. The molecular formula is C13H14O3S2. The molecule has 96 valence electrons. The summed E-state index contributed by atoms with van der Waals surface area (Å²) in [6.07, 6.45) is 0. The first kappa shape index (κ1) is 14.8. The Kier molecular flexibility index (Phi) is 5.40. The lowest BCUT2D eigenvalue weighted by molar-refractivity contribution is 0.463. The van der Waals surface area contributed by atoms with Gasteiger partial charge < -0.3 is 4.55 Å². The van der Waals surface area contributed by atoms with Gasteiger partial charge >= 0.3 is 0 Å². The van der Waals surface area contributed by atoms with Crippen molar-refractivity contribution in [2.75, 3.05) is 0 Å². The van der Waals surface area contributed by atoms with Gasteiger partial charge in [0.2, 0.25) is 0 Å². The summed E-state index contributed by atoms with van der Waals surface area (Å²) in [6.45, 7) is 1.82. The molecule has 0 N–H and O–H groups in total. The lowest BCUT2D eigenvalue weighted by atomic mass is 10.2. The van der Waals surface area contributed by atoms with E-state index in [1.807, 2.05) is 37.3 Å². The second-order valence-corrected chi connectivity index (χ2v) is 5.59. The van der Waals surface area contributed by atoms with Crippen LogP contribution < -0.4 is 0 Å². The topological polar surface area (TPSA) is 57.2 Å². The van der Waals surface area contributed by atoms with Crippen molar-refractivity contribution in [1.29, 1.82) is 0 Å². The van der Waals surface area contributed by atoms with Crippen molar-refractivity contribution in [2.45, 2.75) is 16.7 Å². The third kappa shape index (κ3) is 5.35. The normalized spacial score (nSPS) is 10.4. The van der Waals surface area contributed by atoms with Gasteiger partial charge in [-0.1, -0.05) is 35.9 Å². The summed E-state index contributed by atoms with van der Waals surface area (Å²) in [5, 5.41) is 0. The molecule has 2 aromatic rings. The Hall–Kier alpha value is -1.30. The van der Waals surface area contributed by atoms with Crippen LogP contribution in [0.5, 0.6) is 0 Å². The van der Waals surface area contributed by atoms with Crippen molar-refractivity contribution in [3.8, 4) is 0 Å². The Morgan fingerprint density at radius 1 is 0.944 bits per heavy atom. The van der Waals surface area contributed by atoms with Gasteiger partial charge in [-0.3, -0.25) is 0 Å². The average Bonchev–Trinajstić information content (AvgIpc) is 2.30. The van der Waals surface area contributed by atoms with Crippen LogP contribution in [0.25, 0.3) is 0 Å². The maximum Gasteiger partial charge on any atom is 0.150 e. The third-order valence-corrected chi connectivity index (χ3v) is 3.27. The van der Waals surface area contributed by atoms with Gasteiger partial charge in [-0.05, 0) is 43.8 Å². The van der Waals surface area contributed by atoms with Crippen LogP contribution in [0.2, 0.25) is 0 Å². The van der Waals surface area contributed by atoms with E-state index in [9.17, 15) is 13.0 Å². The van der Waals surface area contributed by atoms with Crippen LogP contribution in [0.15, 0.2) is 64.4 Å².